The van der Waals surface area contributed by atoms with Crippen molar-refractivity contribution in [2.24, 2.45) is 0 Å². The number of amides is 1. The number of aromatic nitrogens is 2. The van der Waals surface area contributed by atoms with Gasteiger partial charge in [0.25, 0.3) is 5.91 Å². The SMILES string of the molecule is Cc1ccc(S(=O)(=O)N2CCC(NC(=O)c3cnn(-c4ccccc4F)c3)CC2)cc1. The molecular formula is C22H23FN4O3S. The van der Waals surface area contributed by atoms with E-state index in [1.165, 1.54) is 27.4 Å². The molecule has 1 saturated heterocycles. The van der Waals surface area contributed by atoms with Gasteiger partial charge in [-0.2, -0.15) is 9.40 Å². The lowest BCUT2D eigenvalue weighted by molar-refractivity contribution is 0.0924. The highest BCUT2D eigenvalue weighted by Gasteiger charge is 2.30. The molecular weight excluding hydrogens is 419 g/mol. The lowest BCUT2D eigenvalue weighted by Gasteiger charge is -2.31. The summed E-state index contributed by atoms with van der Waals surface area (Å²) in [5.41, 5.74) is 1.58. The Morgan fingerprint density at radius 3 is 2.45 bits per heavy atom. The van der Waals surface area contributed by atoms with E-state index in [-0.39, 0.29) is 22.5 Å². The molecule has 0 unspecified atom stereocenters. The van der Waals surface area contributed by atoms with Gasteiger partial charge in [-0.25, -0.2) is 17.5 Å². The number of carbonyl (C=O) groups is 1. The third-order valence-electron chi connectivity index (χ3n) is 5.39. The third kappa shape index (κ3) is 4.52. The van der Waals surface area contributed by atoms with Crippen LogP contribution in [0.1, 0.15) is 28.8 Å². The number of nitrogens with one attached hydrogen (secondary N) is 1. The van der Waals surface area contributed by atoms with Gasteiger partial charge in [-0.05, 0) is 44.0 Å². The minimum absolute atomic E-state index is 0.145. The van der Waals surface area contributed by atoms with Gasteiger partial charge in [-0.3, -0.25) is 4.79 Å². The van der Waals surface area contributed by atoms with E-state index in [1.54, 1.807) is 42.5 Å². The average Bonchev–Trinajstić information content (AvgIpc) is 3.25. The molecule has 1 aromatic heterocycles. The molecule has 162 valence electrons. The molecule has 0 radical (unpaired) electrons. The zero-order chi connectivity index (χ0) is 22.0. The van der Waals surface area contributed by atoms with Gasteiger partial charge >= 0.3 is 0 Å². The zero-order valence-corrected chi connectivity index (χ0v) is 17.8. The maximum atomic E-state index is 13.9. The quantitative estimate of drug-likeness (QED) is 0.659. The van der Waals surface area contributed by atoms with Crippen LogP contribution in [0.3, 0.4) is 0 Å². The van der Waals surface area contributed by atoms with Crippen LogP contribution in [-0.4, -0.2) is 47.5 Å². The molecule has 0 saturated carbocycles. The average molecular weight is 443 g/mol. The number of piperidine rings is 1. The molecule has 4 rings (SSSR count). The molecule has 0 spiro atoms. The Hall–Kier alpha value is -3.04. The van der Waals surface area contributed by atoms with Crippen molar-refractivity contribution in [2.75, 3.05) is 13.1 Å². The Morgan fingerprint density at radius 2 is 1.77 bits per heavy atom. The molecule has 2 aromatic carbocycles. The summed E-state index contributed by atoms with van der Waals surface area (Å²) in [6, 6.07) is 12.8. The molecule has 1 N–H and O–H groups in total. The predicted octanol–water partition coefficient (Wildman–Crippen LogP) is 2.90. The number of rotatable bonds is 5. The number of carbonyl (C=O) groups excluding carboxylic acids is 1. The molecule has 1 aliphatic heterocycles. The first-order valence-electron chi connectivity index (χ1n) is 10.0. The van der Waals surface area contributed by atoms with Crippen molar-refractivity contribution in [1.29, 1.82) is 0 Å². The highest BCUT2D eigenvalue weighted by atomic mass is 32.2. The molecule has 31 heavy (non-hydrogen) atoms. The summed E-state index contributed by atoms with van der Waals surface area (Å²) in [5, 5.41) is 7.00. The van der Waals surface area contributed by atoms with E-state index in [9.17, 15) is 17.6 Å². The van der Waals surface area contributed by atoms with E-state index in [2.05, 4.69) is 10.4 Å². The van der Waals surface area contributed by atoms with Crippen LogP contribution >= 0.6 is 0 Å². The molecule has 2 heterocycles. The Kier molecular flexibility index (Phi) is 5.88. The van der Waals surface area contributed by atoms with Crippen LogP contribution in [0.2, 0.25) is 0 Å². The summed E-state index contributed by atoms with van der Waals surface area (Å²) < 4.78 is 42.3. The molecule has 9 heteroatoms. The van der Waals surface area contributed by atoms with Gasteiger partial charge < -0.3 is 5.32 Å². The second-order valence-electron chi connectivity index (χ2n) is 7.59. The first kappa shape index (κ1) is 21.2. The number of hydrogen-bond acceptors (Lipinski definition) is 4. The number of sulfonamides is 1. The maximum Gasteiger partial charge on any atom is 0.254 e. The van der Waals surface area contributed by atoms with Gasteiger partial charge in [0.1, 0.15) is 11.5 Å². The first-order chi connectivity index (χ1) is 14.8. The summed E-state index contributed by atoms with van der Waals surface area (Å²) in [4.78, 5) is 12.9. The monoisotopic (exact) mass is 442 g/mol. The number of para-hydroxylation sites is 1. The fraction of sp³-hybridized carbons (Fsp3) is 0.273. The van der Waals surface area contributed by atoms with Crippen LogP contribution in [0.5, 0.6) is 0 Å². The molecule has 0 atom stereocenters. The second kappa shape index (κ2) is 8.60. The van der Waals surface area contributed by atoms with Gasteiger partial charge in [-0.15, -0.1) is 0 Å². The van der Waals surface area contributed by atoms with E-state index in [0.717, 1.165) is 5.56 Å². The largest absolute Gasteiger partial charge is 0.349 e. The lowest BCUT2D eigenvalue weighted by atomic mass is 10.1. The van der Waals surface area contributed by atoms with Crippen molar-refractivity contribution in [3.8, 4) is 5.69 Å². The lowest BCUT2D eigenvalue weighted by Crippen LogP contribution is -2.46. The standard InChI is InChI=1S/C22H23FN4O3S/c1-16-6-8-19(9-7-16)31(29,30)26-12-10-18(11-13-26)25-22(28)17-14-24-27(15-17)21-5-3-2-4-20(21)23/h2-9,14-15,18H,10-13H2,1H3,(H,25,28). The summed E-state index contributed by atoms with van der Waals surface area (Å²) in [5.74, 6) is -0.748. The van der Waals surface area contributed by atoms with Gasteiger partial charge in [0.2, 0.25) is 10.0 Å². The van der Waals surface area contributed by atoms with E-state index in [1.807, 2.05) is 6.92 Å². The molecule has 0 aliphatic carbocycles. The molecule has 7 nitrogen and oxygen atoms in total. The van der Waals surface area contributed by atoms with Crippen molar-refractivity contribution >= 4 is 15.9 Å². The topological polar surface area (TPSA) is 84.3 Å². The van der Waals surface area contributed by atoms with Crippen LogP contribution < -0.4 is 5.32 Å². The number of benzene rings is 2. The smallest absolute Gasteiger partial charge is 0.254 e. The molecule has 1 amide bonds. The van der Waals surface area contributed by atoms with Crippen LogP contribution in [0.25, 0.3) is 5.69 Å². The van der Waals surface area contributed by atoms with Crippen molar-refractivity contribution in [3.05, 3.63) is 77.9 Å². The Balaban J connectivity index is 1.36. The number of nitrogens with zero attached hydrogens (tertiary/aromatic N) is 3. The number of halogens is 1. The molecule has 1 aliphatic rings. The fourth-order valence-corrected chi connectivity index (χ4v) is 5.05. The van der Waals surface area contributed by atoms with Crippen LogP contribution in [0.4, 0.5) is 4.39 Å². The van der Waals surface area contributed by atoms with E-state index >= 15 is 0 Å². The van der Waals surface area contributed by atoms with Crippen molar-refractivity contribution in [2.45, 2.75) is 30.7 Å². The van der Waals surface area contributed by atoms with Crippen molar-refractivity contribution in [1.82, 2.24) is 19.4 Å². The van der Waals surface area contributed by atoms with Gasteiger partial charge in [0, 0.05) is 25.3 Å². The Morgan fingerprint density at radius 1 is 1.10 bits per heavy atom. The van der Waals surface area contributed by atoms with E-state index in [0.29, 0.717) is 31.5 Å². The zero-order valence-electron chi connectivity index (χ0n) is 17.0. The normalized spacial score (nSPS) is 15.7. The molecule has 0 bridgehead atoms. The van der Waals surface area contributed by atoms with Crippen LogP contribution in [0, 0.1) is 12.7 Å². The van der Waals surface area contributed by atoms with Crippen molar-refractivity contribution < 1.29 is 17.6 Å². The summed E-state index contributed by atoms with van der Waals surface area (Å²) in [6.07, 6.45) is 3.89. The fourth-order valence-electron chi connectivity index (χ4n) is 3.58. The Bertz CT molecular complexity index is 1180. The number of aryl methyl sites for hydroxylation is 1. The minimum atomic E-state index is -3.54. The second-order valence-corrected chi connectivity index (χ2v) is 9.53. The minimum Gasteiger partial charge on any atom is -0.349 e. The first-order valence-corrected chi connectivity index (χ1v) is 11.5. The summed E-state index contributed by atoms with van der Waals surface area (Å²) >= 11 is 0. The maximum absolute atomic E-state index is 13.9. The highest BCUT2D eigenvalue weighted by Crippen LogP contribution is 2.21. The van der Waals surface area contributed by atoms with Gasteiger partial charge in [-0.1, -0.05) is 29.8 Å². The number of hydrogen-bond donors (Lipinski definition) is 1. The van der Waals surface area contributed by atoms with E-state index in [4.69, 9.17) is 0 Å². The van der Waals surface area contributed by atoms with E-state index < -0.39 is 15.8 Å². The van der Waals surface area contributed by atoms with Crippen molar-refractivity contribution in [3.63, 3.8) is 0 Å². The Labute approximate surface area is 180 Å². The van der Waals surface area contributed by atoms with Crippen LogP contribution in [0.15, 0.2) is 65.8 Å². The van der Waals surface area contributed by atoms with Crippen LogP contribution in [-0.2, 0) is 10.0 Å². The molecule has 1 fully saturated rings. The highest BCUT2D eigenvalue weighted by molar-refractivity contribution is 7.89. The van der Waals surface area contributed by atoms with Gasteiger partial charge in [0.05, 0.1) is 16.7 Å². The predicted molar refractivity (Wildman–Crippen MR) is 114 cm³/mol. The third-order valence-corrected chi connectivity index (χ3v) is 7.30. The van der Waals surface area contributed by atoms with Gasteiger partial charge in [0.15, 0.2) is 0 Å². The summed E-state index contributed by atoms with van der Waals surface area (Å²) in [6.45, 7) is 2.57. The molecule has 3 aromatic rings. The summed E-state index contributed by atoms with van der Waals surface area (Å²) in [7, 11) is -3.54.